The van der Waals surface area contributed by atoms with Gasteiger partial charge in [-0.1, -0.05) is 6.92 Å². The third-order valence-corrected chi connectivity index (χ3v) is 1.32. The molecule has 0 rings (SSSR count). The molecule has 5 heteroatoms. The van der Waals surface area contributed by atoms with Gasteiger partial charge in [0.25, 0.3) is 0 Å². The van der Waals surface area contributed by atoms with Crippen molar-refractivity contribution in [2.45, 2.75) is 20.3 Å². The lowest BCUT2D eigenvalue weighted by Crippen LogP contribution is -2.24. The van der Waals surface area contributed by atoms with Crippen molar-refractivity contribution in [2.24, 2.45) is 5.92 Å². The summed E-state index contributed by atoms with van der Waals surface area (Å²) in [5.74, 6) is -1.93. The predicted octanol–water partition coefficient (Wildman–Crippen LogP) is 1.53. The topological polar surface area (TPSA) is 70.4 Å². The smallest absolute Gasteiger partial charge is 0.315 e. The first kappa shape index (κ1) is 13.8. The van der Waals surface area contributed by atoms with Crippen molar-refractivity contribution in [3.8, 4) is 0 Å². The summed E-state index contributed by atoms with van der Waals surface area (Å²) in [7, 11) is 0. The highest BCUT2D eigenvalue weighted by Crippen LogP contribution is 2.05. The molecule has 0 aromatic carbocycles. The number of carboxylic acid groups (broad SMARTS) is 1. The van der Waals surface area contributed by atoms with Crippen LogP contribution in [0, 0.1) is 11.3 Å². The Morgan fingerprint density at radius 1 is 1.58 bits per heavy atom. The maximum Gasteiger partial charge on any atom is 0.315 e. The average Bonchev–Trinajstić information content (AvgIpc) is 1.88. The maximum atomic E-state index is 10.4. The van der Waals surface area contributed by atoms with Gasteiger partial charge in [-0.3, -0.25) is 10.2 Å². The van der Waals surface area contributed by atoms with Crippen LogP contribution in [0.3, 0.4) is 0 Å². The number of carbonyl (C=O) groups is 1. The Morgan fingerprint density at radius 2 is 2.08 bits per heavy atom. The van der Waals surface area contributed by atoms with Gasteiger partial charge in [-0.15, -0.1) is 12.4 Å². The summed E-state index contributed by atoms with van der Waals surface area (Å²) in [6.07, 6.45) is 0.397. The maximum absolute atomic E-state index is 10.4. The van der Waals surface area contributed by atoms with Crippen LogP contribution in [0.15, 0.2) is 0 Å². The molecule has 0 saturated heterocycles. The molecular formula is C7H14ClNO3. The fraction of sp³-hybridized carbons (Fsp3) is 0.714. The molecule has 0 heterocycles. The first-order chi connectivity index (χ1) is 5.13. The normalized spacial score (nSPS) is 11.2. The Balaban J connectivity index is 0. The van der Waals surface area contributed by atoms with Crippen molar-refractivity contribution in [1.82, 2.24) is 0 Å². The zero-order chi connectivity index (χ0) is 8.85. The molecule has 1 unspecified atom stereocenters. The summed E-state index contributed by atoms with van der Waals surface area (Å²) in [6, 6.07) is 0. The van der Waals surface area contributed by atoms with E-state index in [2.05, 4.69) is 0 Å². The fourth-order valence-electron chi connectivity index (χ4n) is 0.728. The summed E-state index contributed by atoms with van der Waals surface area (Å²) in [5, 5.41) is 15.7. The van der Waals surface area contributed by atoms with Crippen LogP contribution in [-0.2, 0) is 9.53 Å². The van der Waals surface area contributed by atoms with E-state index in [1.807, 2.05) is 0 Å². The quantitative estimate of drug-likeness (QED) is 0.528. The third kappa shape index (κ3) is 4.18. The molecule has 0 aromatic heterocycles. The first-order valence-electron chi connectivity index (χ1n) is 3.57. The highest BCUT2D eigenvalue weighted by Gasteiger charge is 2.21. The Morgan fingerprint density at radius 3 is 2.33 bits per heavy atom. The van der Waals surface area contributed by atoms with Crippen molar-refractivity contribution in [2.75, 3.05) is 6.61 Å². The Bertz CT molecular complexity index is 161. The molecule has 0 bridgehead atoms. The monoisotopic (exact) mass is 195 g/mol. The van der Waals surface area contributed by atoms with Gasteiger partial charge in [0, 0.05) is 0 Å². The standard InChI is InChI=1S/C7H13NO3.ClH/c1-3-5(7(9)10)6(8)11-4-2;/h5,8H,3-4H2,1-2H3,(H,9,10);1H. The minimum atomic E-state index is -0.994. The lowest BCUT2D eigenvalue weighted by molar-refractivity contribution is -0.139. The molecule has 2 N–H and O–H groups in total. The minimum absolute atomic E-state index is 0. The van der Waals surface area contributed by atoms with Gasteiger partial charge in [0.1, 0.15) is 5.92 Å². The van der Waals surface area contributed by atoms with Crippen LogP contribution in [0.4, 0.5) is 0 Å². The molecule has 0 aliphatic rings. The van der Waals surface area contributed by atoms with Crippen LogP contribution in [0.2, 0.25) is 0 Å². The Labute approximate surface area is 77.8 Å². The van der Waals surface area contributed by atoms with Gasteiger partial charge in [0.05, 0.1) is 6.61 Å². The molecule has 1 atom stereocenters. The van der Waals surface area contributed by atoms with Gasteiger partial charge in [0.15, 0.2) is 5.90 Å². The zero-order valence-electron chi connectivity index (χ0n) is 7.16. The largest absolute Gasteiger partial charge is 0.481 e. The zero-order valence-corrected chi connectivity index (χ0v) is 7.98. The van der Waals surface area contributed by atoms with Gasteiger partial charge < -0.3 is 9.84 Å². The molecule has 4 nitrogen and oxygen atoms in total. The summed E-state index contributed by atoms with van der Waals surface area (Å²) in [6.45, 7) is 3.79. The van der Waals surface area contributed by atoms with Crippen LogP contribution >= 0.6 is 12.4 Å². The second-order valence-corrected chi connectivity index (χ2v) is 2.10. The van der Waals surface area contributed by atoms with E-state index in [0.717, 1.165) is 0 Å². The Hall–Kier alpha value is -0.770. The van der Waals surface area contributed by atoms with E-state index in [0.29, 0.717) is 13.0 Å². The van der Waals surface area contributed by atoms with Crippen molar-refractivity contribution < 1.29 is 14.6 Å². The van der Waals surface area contributed by atoms with Crippen LogP contribution in [0.1, 0.15) is 20.3 Å². The highest BCUT2D eigenvalue weighted by atomic mass is 35.5. The van der Waals surface area contributed by atoms with E-state index >= 15 is 0 Å². The third-order valence-electron chi connectivity index (χ3n) is 1.32. The molecule has 0 fully saturated rings. The number of rotatable bonds is 4. The molecule has 0 amide bonds. The molecule has 0 spiro atoms. The van der Waals surface area contributed by atoms with Crippen LogP contribution in [-0.4, -0.2) is 23.6 Å². The van der Waals surface area contributed by atoms with E-state index in [-0.39, 0.29) is 18.3 Å². The molecule has 0 saturated carbocycles. The second kappa shape index (κ2) is 6.91. The number of carboxylic acids is 1. The van der Waals surface area contributed by atoms with Crippen molar-refractivity contribution in [3.05, 3.63) is 0 Å². The highest BCUT2D eigenvalue weighted by molar-refractivity contribution is 5.95. The van der Waals surface area contributed by atoms with Crippen LogP contribution < -0.4 is 0 Å². The summed E-state index contributed by atoms with van der Waals surface area (Å²) in [5.41, 5.74) is 0. The summed E-state index contributed by atoms with van der Waals surface area (Å²) >= 11 is 0. The van der Waals surface area contributed by atoms with Crippen molar-refractivity contribution in [1.29, 1.82) is 5.41 Å². The number of nitrogens with one attached hydrogen (secondary N) is 1. The lowest BCUT2D eigenvalue weighted by atomic mass is 10.1. The molecular weight excluding hydrogens is 182 g/mol. The first-order valence-corrected chi connectivity index (χ1v) is 3.57. The predicted molar refractivity (Wildman–Crippen MR) is 48.0 cm³/mol. The number of halogens is 1. The van der Waals surface area contributed by atoms with Gasteiger partial charge in [-0.05, 0) is 13.3 Å². The van der Waals surface area contributed by atoms with E-state index in [1.54, 1.807) is 13.8 Å². The van der Waals surface area contributed by atoms with Crippen LogP contribution in [0.25, 0.3) is 0 Å². The van der Waals surface area contributed by atoms with Gasteiger partial charge in [-0.2, -0.15) is 0 Å². The fourth-order valence-corrected chi connectivity index (χ4v) is 0.728. The van der Waals surface area contributed by atoms with Crippen molar-refractivity contribution in [3.63, 3.8) is 0 Å². The van der Waals surface area contributed by atoms with Gasteiger partial charge >= 0.3 is 5.97 Å². The lowest BCUT2D eigenvalue weighted by Gasteiger charge is -2.10. The number of ether oxygens (including phenoxy) is 1. The van der Waals surface area contributed by atoms with E-state index < -0.39 is 11.9 Å². The van der Waals surface area contributed by atoms with E-state index in [4.69, 9.17) is 15.3 Å². The van der Waals surface area contributed by atoms with E-state index in [9.17, 15) is 4.79 Å². The minimum Gasteiger partial charge on any atom is -0.481 e. The second-order valence-electron chi connectivity index (χ2n) is 2.10. The summed E-state index contributed by atoms with van der Waals surface area (Å²) in [4.78, 5) is 10.4. The van der Waals surface area contributed by atoms with Crippen LogP contribution in [0.5, 0.6) is 0 Å². The van der Waals surface area contributed by atoms with Gasteiger partial charge in [0.2, 0.25) is 0 Å². The SMILES string of the molecule is CCOC(=N)C(CC)C(=O)O.Cl. The average molecular weight is 196 g/mol. The number of hydrogen-bond donors (Lipinski definition) is 2. The molecule has 0 aromatic rings. The molecule has 0 aliphatic heterocycles. The van der Waals surface area contributed by atoms with E-state index in [1.165, 1.54) is 0 Å². The number of aliphatic carboxylic acids is 1. The molecule has 12 heavy (non-hydrogen) atoms. The molecule has 0 aliphatic carbocycles. The summed E-state index contributed by atoms with van der Waals surface area (Å²) < 4.78 is 4.76. The Kier molecular flexibility index (Phi) is 7.94. The molecule has 0 radical (unpaired) electrons. The number of hydrogen-bond acceptors (Lipinski definition) is 3. The van der Waals surface area contributed by atoms with Gasteiger partial charge in [-0.25, -0.2) is 0 Å². The van der Waals surface area contributed by atoms with Crippen molar-refractivity contribution >= 4 is 24.3 Å². The molecule has 72 valence electrons.